The molecule has 4 rings (SSSR count). The largest absolute Gasteiger partial charge is 0.493 e. The molecule has 0 fully saturated rings. The fourth-order valence-electron chi connectivity index (χ4n) is 4.10. The van der Waals surface area contributed by atoms with Crippen LogP contribution in [0.5, 0.6) is 11.5 Å². The molecule has 3 aromatic carbocycles. The number of fused-ring (bicyclic) bond motifs is 1. The highest BCUT2D eigenvalue weighted by Crippen LogP contribution is 2.33. The van der Waals surface area contributed by atoms with Crippen molar-refractivity contribution >= 4 is 17.3 Å². The lowest BCUT2D eigenvalue weighted by Crippen LogP contribution is -2.32. The molecule has 0 unspecified atom stereocenters. The number of carbonyl (C=O) groups excluding carboxylic acids is 1. The van der Waals surface area contributed by atoms with Crippen molar-refractivity contribution in [2.24, 2.45) is 0 Å². The van der Waals surface area contributed by atoms with E-state index in [1.54, 1.807) is 14.2 Å². The summed E-state index contributed by atoms with van der Waals surface area (Å²) in [7, 11) is 3.32. The number of nitrogens with two attached hydrogens (primary N) is 1. The average molecular weight is 494 g/mol. The first-order chi connectivity index (χ1) is 17.4. The van der Waals surface area contributed by atoms with E-state index in [1.807, 2.05) is 24.3 Å². The second-order valence-electron chi connectivity index (χ2n) is 8.84. The zero-order valence-corrected chi connectivity index (χ0v) is 21.6. The summed E-state index contributed by atoms with van der Waals surface area (Å²) >= 11 is 0. The molecular formula is C29H36FN3O3. The summed E-state index contributed by atoms with van der Waals surface area (Å²) in [5, 5.41) is 2.77. The lowest BCUT2D eigenvalue weighted by molar-refractivity contribution is 0.102. The standard InChI is InChI=1S/C26H28FN3O3.C3H8/c1-32-24-13-18-10-12-30(16-19(18)14-25(24)33-2)11-9-17-3-6-21(7-4-17)29-26(31)22-15-20(27)5-8-23(22)28;1-3-2/h3-8,13-15H,9-12,16,28H2,1-2H3,(H,29,31);3H2,1-2H3. The van der Waals surface area contributed by atoms with Crippen LogP contribution in [0, 0.1) is 5.82 Å². The molecule has 192 valence electrons. The van der Waals surface area contributed by atoms with Crippen LogP contribution in [-0.4, -0.2) is 38.1 Å². The molecule has 0 bridgehead atoms. The predicted molar refractivity (Wildman–Crippen MR) is 143 cm³/mol. The third kappa shape index (κ3) is 6.98. The Bertz CT molecular complexity index is 1170. The van der Waals surface area contributed by atoms with E-state index in [0.717, 1.165) is 50.0 Å². The van der Waals surface area contributed by atoms with Gasteiger partial charge in [-0.25, -0.2) is 4.39 Å². The van der Waals surface area contributed by atoms with E-state index in [4.69, 9.17) is 15.2 Å². The average Bonchev–Trinajstić information content (AvgIpc) is 2.89. The second kappa shape index (κ2) is 12.9. The minimum absolute atomic E-state index is 0.124. The highest BCUT2D eigenvalue weighted by atomic mass is 19.1. The van der Waals surface area contributed by atoms with E-state index in [-0.39, 0.29) is 11.3 Å². The third-order valence-electron chi connectivity index (χ3n) is 5.99. The Labute approximate surface area is 213 Å². The van der Waals surface area contributed by atoms with E-state index in [9.17, 15) is 9.18 Å². The van der Waals surface area contributed by atoms with Gasteiger partial charge in [0.25, 0.3) is 5.91 Å². The van der Waals surface area contributed by atoms with Gasteiger partial charge in [0.2, 0.25) is 0 Å². The van der Waals surface area contributed by atoms with Crippen molar-refractivity contribution < 1.29 is 18.7 Å². The Morgan fingerprint density at radius 2 is 1.64 bits per heavy atom. The van der Waals surface area contributed by atoms with Gasteiger partial charge in [0, 0.05) is 31.0 Å². The highest BCUT2D eigenvalue weighted by molar-refractivity contribution is 6.07. The maximum atomic E-state index is 13.4. The van der Waals surface area contributed by atoms with Crippen LogP contribution < -0.4 is 20.5 Å². The highest BCUT2D eigenvalue weighted by Gasteiger charge is 2.19. The number of hydrogen-bond donors (Lipinski definition) is 2. The minimum atomic E-state index is -0.498. The number of nitrogens with zero attached hydrogens (tertiary/aromatic N) is 1. The lowest BCUT2D eigenvalue weighted by Gasteiger charge is -2.29. The van der Waals surface area contributed by atoms with Gasteiger partial charge in [-0.1, -0.05) is 32.4 Å². The summed E-state index contributed by atoms with van der Waals surface area (Å²) in [6.07, 6.45) is 3.12. The fraction of sp³-hybridized carbons (Fsp3) is 0.345. The van der Waals surface area contributed by atoms with Crippen molar-refractivity contribution in [3.8, 4) is 11.5 Å². The number of ether oxygens (including phenoxy) is 2. The number of methoxy groups -OCH3 is 2. The Morgan fingerprint density at radius 3 is 2.28 bits per heavy atom. The Hall–Kier alpha value is -3.58. The topological polar surface area (TPSA) is 76.8 Å². The van der Waals surface area contributed by atoms with Gasteiger partial charge < -0.3 is 20.5 Å². The first kappa shape index (κ1) is 27.0. The van der Waals surface area contributed by atoms with Gasteiger partial charge in [0.15, 0.2) is 11.5 Å². The van der Waals surface area contributed by atoms with Gasteiger partial charge in [0.1, 0.15) is 5.82 Å². The minimum Gasteiger partial charge on any atom is -0.493 e. The molecule has 7 heteroatoms. The molecule has 1 amide bonds. The number of anilines is 2. The Balaban J connectivity index is 0.00000115. The van der Waals surface area contributed by atoms with Crippen LogP contribution in [0.15, 0.2) is 54.6 Å². The third-order valence-corrected chi connectivity index (χ3v) is 5.99. The van der Waals surface area contributed by atoms with E-state index in [1.165, 1.54) is 35.2 Å². The molecular weight excluding hydrogens is 457 g/mol. The SMILES string of the molecule is CCC.COc1cc2c(cc1OC)CN(CCc1ccc(NC(=O)c3cc(F)ccc3N)cc1)CC2. The normalized spacial score (nSPS) is 12.7. The summed E-state index contributed by atoms with van der Waals surface area (Å²) in [4.78, 5) is 14.8. The maximum Gasteiger partial charge on any atom is 0.257 e. The van der Waals surface area contributed by atoms with E-state index in [2.05, 4.69) is 36.2 Å². The summed E-state index contributed by atoms with van der Waals surface area (Å²) < 4.78 is 24.3. The van der Waals surface area contributed by atoms with Crippen LogP contribution >= 0.6 is 0 Å². The molecule has 0 radical (unpaired) electrons. The van der Waals surface area contributed by atoms with Gasteiger partial charge in [-0.3, -0.25) is 9.69 Å². The molecule has 1 aliphatic heterocycles. The molecule has 3 N–H and O–H groups in total. The molecule has 36 heavy (non-hydrogen) atoms. The van der Waals surface area contributed by atoms with Crippen molar-refractivity contribution in [2.75, 3.05) is 38.4 Å². The number of rotatable bonds is 7. The zero-order valence-electron chi connectivity index (χ0n) is 21.6. The molecule has 1 aliphatic rings. The predicted octanol–water partition coefficient (Wildman–Crippen LogP) is 5.69. The molecule has 0 saturated heterocycles. The monoisotopic (exact) mass is 493 g/mol. The fourth-order valence-corrected chi connectivity index (χ4v) is 4.10. The van der Waals surface area contributed by atoms with Crippen LogP contribution in [0.3, 0.4) is 0 Å². The molecule has 3 aromatic rings. The zero-order chi connectivity index (χ0) is 26.1. The van der Waals surface area contributed by atoms with Gasteiger partial charge in [-0.15, -0.1) is 0 Å². The van der Waals surface area contributed by atoms with Crippen molar-refractivity contribution in [2.45, 2.75) is 39.7 Å². The van der Waals surface area contributed by atoms with Crippen LogP contribution in [0.1, 0.15) is 47.3 Å². The van der Waals surface area contributed by atoms with Crippen LogP contribution in [0.2, 0.25) is 0 Å². The van der Waals surface area contributed by atoms with Gasteiger partial charge in [-0.2, -0.15) is 0 Å². The first-order valence-electron chi connectivity index (χ1n) is 12.3. The summed E-state index contributed by atoms with van der Waals surface area (Å²) in [6.45, 7) is 7.05. The summed E-state index contributed by atoms with van der Waals surface area (Å²) in [5.41, 5.74) is 10.6. The Kier molecular flexibility index (Phi) is 9.70. The molecule has 0 aliphatic carbocycles. The summed E-state index contributed by atoms with van der Waals surface area (Å²) in [6, 6.07) is 15.6. The van der Waals surface area contributed by atoms with Crippen LogP contribution in [-0.2, 0) is 19.4 Å². The van der Waals surface area contributed by atoms with E-state index >= 15 is 0 Å². The van der Waals surface area contributed by atoms with Crippen molar-refractivity contribution in [3.63, 3.8) is 0 Å². The van der Waals surface area contributed by atoms with E-state index < -0.39 is 11.7 Å². The molecule has 1 heterocycles. The second-order valence-corrected chi connectivity index (χ2v) is 8.84. The maximum absolute atomic E-state index is 13.4. The van der Waals surface area contributed by atoms with Crippen LogP contribution in [0.4, 0.5) is 15.8 Å². The van der Waals surface area contributed by atoms with Crippen molar-refractivity contribution in [1.82, 2.24) is 4.90 Å². The Morgan fingerprint density at radius 1 is 1.00 bits per heavy atom. The molecule has 6 nitrogen and oxygen atoms in total. The number of nitrogen functional groups attached to an aromatic ring is 1. The number of hydrogen-bond acceptors (Lipinski definition) is 5. The lowest BCUT2D eigenvalue weighted by atomic mass is 9.98. The number of carbonyl (C=O) groups is 1. The quantitative estimate of drug-likeness (QED) is 0.413. The first-order valence-corrected chi connectivity index (χ1v) is 12.3. The number of benzene rings is 3. The molecule has 0 aromatic heterocycles. The van der Waals surface area contributed by atoms with Crippen LogP contribution in [0.25, 0.3) is 0 Å². The van der Waals surface area contributed by atoms with Crippen molar-refractivity contribution in [1.29, 1.82) is 0 Å². The number of halogens is 1. The van der Waals surface area contributed by atoms with E-state index in [0.29, 0.717) is 5.69 Å². The summed E-state index contributed by atoms with van der Waals surface area (Å²) in [5.74, 6) is 0.606. The molecule has 0 atom stereocenters. The van der Waals surface area contributed by atoms with Gasteiger partial charge in [-0.05, 0) is 72.0 Å². The number of amides is 1. The van der Waals surface area contributed by atoms with Gasteiger partial charge in [0.05, 0.1) is 19.8 Å². The number of nitrogens with one attached hydrogen (secondary N) is 1. The molecule has 0 saturated carbocycles. The van der Waals surface area contributed by atoms with Gasteiger partial charge >= 0.3 is 0 Å². The molecule has 0 spiro atoms. The van der Waals surface area contributed by atoms with Crippen molar-refractivity contribution in [3.05, 3.63) is 82.7 Å². The smallest absolute Gasteiger partial charge is 0.257 e.